The lowest BCUT2D eigenvalue weighted by Crippen LogP contribution is -2.30. The standard InChI is InChI=1S/C15H12N2O3S/c1-9-8-21-15(16-9)17(2)13(18)11-7-10-5-3-4-6-12(10)20-14(11)19/h3-8H,1-2H3. The first kappa shape index (κ1) is 13.5. The number of aryl methyl sites for hydroxylation is 1. The van der Waals surface area contributed by atoms with Gasteiger partial charge in [-0.1, -0.05) is 18.2 Å². The van der Waals surface area contributed by atoms with Crippen LogP contribution in [-0.4, -0.2) is 17.9 Å². The van der Waals surface area contributed by atoms with Crippen molar-refractivity contribution in [3.8, 4) is 0 Å². The smallest absolute Gasteiger partial charge is 0.349 e. The van der Waals surface area contributed by atoms with Gasteiger partial charge in [0.2, 0.25) is 0 Å². The van der Waals surface area contributed by atoms with Crippen LogP contribution >= 0.6 is 11.3 Å². The van der Waals surface area contributed by atoms with E-state index in [-0.39, 0.29) is 5.56 Å². The van der Waals surface area contributed by atoms with E-state index in [0.717, 1.165) is 5.69 Å². The van der Waals surface area contributed by atoms with Crippen LogP contribution in [0.2, 0.25) is 0 Å². The molecule has 5 nitrogen and oxygen atoms in total. The van der Waals surface area contributed by atoms with Crippen LogP contribution in [0.3, 0.4) is 0 Å². The van der Waals surface area contributed by atoms with E-state index in [9.17, 15) is 9.59 Å². The van der Waals surface area contributed by atoms with Crippen LogP contribution < -0.4 is 10.5 Å². The van der Waals surface area contributed by atoms with Crippen LogP contribution in [0, 0.1) is 6.92 Å². The van der Waals surface area contributed by atoms with Gasteiger partial charge >= 0.3 is 5.63 Å². The number of hydrogen-bond acceptors (Lipinski definition) is 5. The second-order valence-corrected chi connectivity index (χ2v) is 5.46. The first-order valence-corrected chi connectivity index (χ1v) is 7.17. The highest BCUT2D eigenvalue weighted by Crippen LogP contribution is 2.21. The van der Waals surface area contributed by atoms with E-state index in [2.05, 4.69) is 4.98 Å². The molecule has 6 heteroatoms. The fraction of sp³-hybridized carbons (Fsp3) is 0.133. The van der Waals surface area contributed by atoms with E-state index in [1.807, 2.05) is 18.4 Å². The molecule has 0 radical (unpaired) electrons. The number of carbonyl (C=O) groups excluding carboxylic acids is 1. The summed E-state index contributed by atoms with van der Waals surface area (Å²) >= 11 is 1.35. The molecule has 21 heavy (non-hydrogen) atoms. The Hall–Kier alpha value is -2.47. The molecule has 3 aromatic rings. The van der Waals surface area contributed by atoms with Crippen LogP contribution in [0.5, 0.6) is 0 Å². The van der Waals surface area contributed by atoms with Gasteiger partial charge in [-0.25, -0.2) is 9.78 Å². The van der Waals surface area contributed by atoms with Crippen molar-refractivity contribution in [1.82, 2.24) is 4.98 Å². The lowest BCUT2D eigenvalue weighted by molar-refractivity contribution is 0.0989. The molecule has 0 aliphatic carbocycles. The van der Waals surface area contributed by atoms with Gasteiger partial charge in [0.1, 0.15) is 11.1 Å². The van der Waals surface area contributed by atoms with E-state index < -0.39 is 11.5 Å². The molecule has 0 aliphatic rings. The fourth-order valence-electron chi connectivity index (χ4n) is 1.97. The second-order valence-electron chi connectivity index (χ2n) is 4.62. The molecule has 0 saturated heterocycles. The first-order valence-electron chi connectivity index (χ1n) is 6.29. The summed E-state index contributed by atoms with van der Waals surface area (Å²) in [5.41, 5.74) is 0.662. The summed E-state index contributed by atoms with van der Waals surface area (Å²) in [7, 11) is 1.59. The summed E-state index contributed by atoms with van der Waals surface area (Å²) in [6.45, 7) is 1.85. The quantitative estimate of drug-likeness (QED) is 0.683. The molecule has 0 spiro atoms. The third kappa shape index (κ3) is 2.45. The molecule has 1 amide bonds. The van der Waals surface area contributed by atoms with Crippen LogP contribution in [0.25, 0.3) is 11.0 Å². The number of nitrogens with zero attached hydrogens (tertiary/aromatic N) is 2. The van der Waals surface area contributed by atoms with Crippen LogP contribution in [-0.2, 0) is 0 Å². The third-order valence-corrected chi connectivity index (χ3v) is 4.11. The van der Waals surface area contributed by atoms with Crippen molar-refractivity contribution in [1.29, 1.82) is 0 Å². The zero-order valence-corrected chi connectivity index (χ0v) is 12.3. The highest BCUT2D eigenvalue weighted by Gasteiger charge is 2.20. The van der Waals surface area contributed by atoms with Crippen molar-refractivity contribution < 1.29 is 9.21 Å². The largest absolute Gasteiger partial charge is 0.422 e. The second kappa shape index (κ2) is 5.14. The average molecular weight is 300 g/mol. The van der Waals surface area contributed by atoms with Gasteiger partial charge in [0.15, 0.2) is 5.13 Å². The summed E-state index contributed by atoms with van der Waals surface area (Å²) in [4.78, 5) is 30.0. The van der Waals surface area contributed by atoms with Gasteiger partial charge in [0.25, 0.3) is 5.91 Å². The van der Waals surface area contributed by atoms with Crippen molar-refractivity contribution in [2.45, 2.75) is 6.92 Å². The maximum Gasteiger partial charge on any atom is 0.349 e. The van der Waals surface area contributed by atoms with Crippen LogP contribution in [0.15, 0.2) is 44.9 Å². The minimum absolute atomic E-state index is 0.00375. The minimum atomic E-state index is -0.640. The molecule has 3 rings (SSSR count). The molecule has 0 N–H and O–H groups in total. The summed E-state index contributed by atoms with van der Waals surface area (Å²) in [6, 6.07) is 8.64. The van der Waals surface area contributed by atoms with E-state index in [1.165, 1.54) is 16.2 Å². The van der Waals surface area contributed by atoms with Crippen LogP contribution in [0.1, 0.15) is 16.1 Å². The van der Waals surface area contributed by atoms with Crippen molar-refractivity contribution in [2.75, 3.05) is 11.9 Å². The number of anilines is 1. The number of carbonyl (C=O) groups is 1. The number of rotatable bonds is 2. The lowest BCUT2D eigenvalue weighted by atomic mass is 10.2. The molecule has 2 aromatic heterocycles. The van der Waals surface area contributed by atoms with Gasteiger partial charge in [-0.2, -0.15) is 0 Å². The van der Waals surface area contributed by atoms with Crippen molar-refractivity contribution in [3.05, 3.63) is 57.4 Å². The van der Waals surface area contributed by atoms with Gasteiger partial charge in [-0.15, -0.1) is 11.3 Å². The van der Waals surface area contributed by atoms with E-state index in [1.54, 1.807) is 31.3 Å². The van der Waals surface area contributed by atoms with Gasteiger partial charge in [0, 0.05) is 17.8 Å². The molecule has 0 saturated carbocycles. The first-order chi connectivity index (χ1) is 10.1. The summed E-state index contributed by atoms with van der Waals surface area (Å²) < 4.78 is 5.19. The molecule has 0 unspecified atom stereocenters. The Balaban J connectivity index is 2.05. The number of benzene rings is 1. The number of hydrogen-bond donors (Lipinski definition) is 0. The Morgan fingerprint density at radius 1 is 1.33 bits per heavy atom. The Morgan fingerprint density at radius 3 is 2.81 bits per heavy atom. The van der Waals surface area contributed by atoms with Crippen molar-refractivity contribution in [2.24, 2.45) is 0 Å². The predicted octanol–water partition coefficient (Wildman–Crippen LogP) is 2.83. The van der Waals surface area contributed by atoms with E-state index in [0.29, 0.717) is 16.1 Å². The zero-order valence-electron chi connectivity index (χ0n) is 11.5. The minimum Gasteiger partial charge on any atom is -0.422 e. The Labute approximate surface area is 124 Å². The Kier molecular flexibility index (Phi) is 3.31. The maximum absolute atomic E-state index is 12.5. The topological polar surface area (TPSA) is 63.4 Å². The van der Waals surface area contributed by atoms with Gasteiger partial charge in [-0.05, 0) is 19.1 Å². The Morgan fingerprint density at radius 2 is 2.10 bits per heavy atom. The molecule has 0 fully saturated rings. The fourth-order valence-corrected chi connectivity index (χ4v) is 2.74. The van der Waals surface area contributed by atoms with E-state index in [4.69, 9.17) is 4.42 Å². The predicted molar refractivity (Wildman–Crippen MR) is 82.1 cm³/mol. The molecule has 1 aromatic carbocycles. The number of para-hydroxylation sites is 1. The molecule has 0 aliphatic heterocycles. The van der Waals surface area contributed by atoms with Gasteiger partial charge in [0.05, 0.1) is 5.69 Å². The molecule has 0 atom stereocenters. The SMILES string of the molecule is Cc1csc(N(C)C(=O)c2cc3ccccc3oc2=O)n1. The highest BCUT2D eigenvalue weighted by molar-refractivity contribution is 7.14. The highest BCUT2D eigenvalue weighted by atomic mass is 32.1. The molecular formula is C15H12N2O3S. The number of thiazole rings is 1. The summed E-state index contributed by atoms with van der Waals surface area (Å²) in [5.74, 6) is -0.427. The maximum atomic E-state index is 12.5. The monoisotopic (exact) mass is 300 g/mol. The van der Waals surface area contributed by atoms with Gasteiger partial charge in [-0.3, -0.25) is 9.69 Å². The third-order valence-electron chi connectivity index (χ3n) is 3.07. The number of aromatic nitrogens is 1. The summed E-state index contributed by atoms with van der Waals surface area (Å²) in [5, 5.41) is 3.11. The van der Waals surface area contributed by atoms with Gasteiger partial charge < -0.3 is 4.42 Å². The number of fused-ring (bicyclic) bond motifs is 1. The molecule has 2 heterocycles. The number of amides is 1. The molecular weight excluding hydrogens is 288 g/mol. The van der Waals surface area contributed by atoms with Crippen molar-refractivity contribution >= 4 is 33.3 Å². The van der Waals surface area contributed by atoms with Crippen LogP contribution in [0.4, 0.5) is 5.13 Å². The lowest BCUT2D eigenvalue weighted by Gasteiger charge is -2.13. The molecule has 0 bridgehead atoms. The van der Waals surface area contributed by atoms with Crippen molar-refractivity contribution in [3.63, 3.8) is 0 Å². The molecule has 106 valence electrons. The zero-order chi connectivity index (χ0) is 15.0. The summed E-state index contributed by atoms with van der Waals surface area (Å²) in [6.07, 6.45) is 0. The van der Waals surface area contributed by atoms with E-state index >= 15 is 0 Å². The average Bonchev–Trinajstić information content (AvgIpc) is 2.91. The normalized spacial score (nSPS) is 10.8. The Bertz CT molecular complexity index is 882.